The molecule has 0 unspecified atom stereocenters. The molecule has 0 spiro atoms. The minimum absolute atomic E-state index is 0.900. The van der Waals surface area contributed by atoms with Crippen molar-refractivity contribution in [2.24, 2.45) is 0 Å². The average Bonchev–Trinajstić information content (AvgIpc) is 3.08. The summed E-state index contributed by atoms with van der Waals surface area (Å²) < 4.78 is 0. The Labute approximate surface area is 129 Å². The molecule has 0 aromatic carbocycles. The van der Waals surface area contributed by atoms with Crippen LogP contribution in [0.5, 0.6) is 0 Å². The van der Waals surface area contributed by atoms with Gasteiger partial charge in [0.1, 0.15) is 5.01 Å². The van der Waals surface area contributed by atoms with E-state index in [0.29, 0.717) is 0 Å². The summed E-state index contributed by atoms with van der Waals surface area (Å²) in [4.78, 5) is 8.49. The van der Waals surface area contributed by atoms with Gasteiger partial charge in [-0.15, -0.1) is 22.7 Å². The predicted molar refractivity (Wildman–Crippen MR) is 88.5 cm³/mol. The summed E-state index contributed by atoms with van der Waals surface area (Å²) in [6.07, 6.45) is 2.30. The lowest BCUT2D eigenvalue weighted by atomic mass is 10.3. The molecule has 0 aliphatic rings. The normalized spacial score (nSPS) is 11.3. The van der Waals surface area contributed by atoms with Crippen LogP contribution < -0.4 is 5.32 Å². The fourth-order valence-electron chi connectivity index (χ4n) is 1.99. The molecule has 5 heteroatoms. The smallest absolute Gasteiger partial charge is 0.107 e. The fourth-order valence-corrected chi connectivity index (χ4v) is 3.44. The topological polar surface area (TPSA) is 28.2 Å². The Morgan fingerprint density at radius 1 is 1.35 bits per heavy atom. The van der Waals surface area contributed by atoms with Crippen molar-refractivity contribution in [3.8, 4) is 0 Å². The van der Waals surface area contributed by atoms with Crippen molar-refractivity contribution in [1.29, 1.82) is 0 Å². The first-order valence-corrected chi connectivity index (χ1v) is 8.88. The quantitative estimate of drug-likeness (QED) is 0.720. The number of thiophene rings is 1. The molecule has 0 saturated carbocycles. The Morgan fingerprint density at radius 3 is 3.00 bits per heavy atom. The summed E-state index contributed by atoms with van der Waals surface area (Å²) in [5.41, 5.74) is 1.19. The molecular weight excluding hydrogens is 286 g/mol. The summed E-state index contributed by atoms with van der Waals surface area (Å²) in [5, 5.41) is 8.92. The summed E-state index contributed by atoms with van der Waals surface area (Å²) in [5.74, 6) is 0. The van der Waals surface area contributed by atoms with Crippen LogP contribution in [0, 0.1) is 0 Å². The third-order valence-corrected chi connectivity index (χ3v) is 4.89. The van der Waals surface area contributed by atoms with E-state index >= 15 is 0 Å². The SMILES string of the molecule is CCCNCc1nc(CN(C)CCc2cccs2)cs1. The van der Waals surface area contributed by atoms with Crippen molar-refractivity contribution in [3.05, 3.63) is 38.5 Å². The van der Waals surface area contributed by atoms with E-state index < -0.39 is 0 Å². The molecule has 0 radical (unpaired) electrons. The standard InChI is InChI=1S/C15H23N3S2/c1-3-7-16-10-15-17-13(12-20-15)11-18(2)8-6-14-5-4-9-19-14/h4-5,9,12,16H,3,6-8,10-11H2,1-2H3. The van der Waals surface area contributed by atoms with Crippen molar-refractivity contribution >= 4 is 22.7 Å². The second kappa shape index (κ2) is 8.52. The molecule has 1 N–H and O–H groups in total. The Morgan fingerprint density at radius 2 is 2.25 bits per heavy atom. The van der Waals surface area contributed by atoms with Crippen molar-refractivity contribution in [2.45, 2.75) is 32.9 Å². The lowest BCUT2D eigenvalue weighted by molar-refractivity contribution is 0.328. The van der Waals surface area contributed by atoms with Crippen molar-refractivity contribution in [2.75, 3.05) is 20.1 Å². The molecule has 110 valence electrons. The lowest BCUT2D eigenvalue weighted by Crippen LogP contribution is -2.20. The van der Waals surface area contributed by atoms with Crippen LogP contribution in [0.15, 0.2) is 22.9 Å². The summed E-state index contributed by atoms with van der Waals surface area (Å²) in [6, 6.07) is 4.33. The van der Waals surface area contributed by atoms with Crippen LogP contribution in [-0.2, 0) is 19.5 Å². The maximum absolute atomic E-state index is 4.68. The number of aromatic nitrogens is 1. The third-order valence-electron chi connectivity index (χ3n) is 3.05. The number of hydrogen-bond donors (Lipinski definition) is 1. The molecule has 0 fully saturated rings. The molecule has 0 bridgehead atoms. The van der Waals surface area contributed by atoms with E-state index in [-0.39, 0.29) is 0 Å². The van der Waals surface area contributed by atoms with Crippen LogP contribution >= 0.6 is 22.7 Å². The zero-order valence-electron chi connectivity index (χ0n) is 12.3. The number of thiazole rings is 1. The highest BCUT2D eigenvalue weighted by Crippen LogP contribution is 2.13. The maximum atomic E-state index is 4.68. The molecule has 0 saturated heterocycles. The molecular formula is C15H23N3S2. The Kier molecular flexibility index (Phi) is 6.66. The summed E-state index contributed by atoms with van der Waals surface area (Å²) >= 11 is 3.60. The Hall–Kier alpha value is -0.750. The minimum Gasteiger partial charge on any atom is -0.310 e. The maximum Gasteiger partial charge on any atom is 0.107 e. The van der Waals surface area contributed by atoms with Gasteiger partial charge in [0.15, 0.2) is 0 Å². The van der Waals surface area contributed by atoms with Gasteiger partial charge in [-0.1, -0.05) is 13.0 Å². The molecule has 0 amide bonds. The van der Waals surface area contributed by atoms with Crippen molar-refractivity contribution in [3.63, 3.8) is 0 Å². The van der Waals surface area contributed by atoms with Crippen LogP contribution in [0.2, 0.25) is 0 Å². The zero-order valence-corrected chi connectivity index (χ0v) is 13.9. The molecule has 3 nitrogen and oxygen atoms in total. The number of likely N-dealkylation sites (N-methyl/N-ethyl adjacent to an activating group) is 1. The second-order valence-corrected chi connectivity index (χ2v) is 6.95. The molecule has 0 aliphatic carbocycles. The van der Waals surface area contributed by atoms with E-state index in [0.717, 1.165) is 32.6 Å². The van der Waals surface area contributed by atoms with E-state index in [9.17, 15) is 0 Å². The molecule has 2 heterocycles. The summed E-state index contributed by atoms with van der Waals surface area (Å²) in [6.45, 7) is 6.17. The van der Waals surface area contributed by atoms with Gasteiger partial charge in [-0.05, 0) is 37.9 Å². The van der Waals surface area contributed by atoms with E-state index in [1.165, 1.54) is 22.0 Å². The Bertz CT molecular complexity index is 479. The largest absolute Gasteiger partial charge is 0.310 e. The Balaban J connectivity index is 1.72. The molecule has 20 heavy (non-hydrogen) atoms. The molecule has 2 rings (SSSR count). The van der Waals surface area contributed by atoms with Gasteiger partial charge in [0.05, 0.1) is 5.69 Å². The van der Waals surface area contributed by atoms with Gasteiger partial charge >= 0.3 is 0 Å². The van der Waals surface area contributed by atoms with Crippen LogP contribution in [0.3, 0.4) is 0 Å². The highest BCUT2D eigenvalue weighted by atomic mass is 32.1. The summed E-state index contributed by atoms with van der Waals surface area (Å²) in [7, 11) is 2.17. The number of hydrogen-bond acceptors (Lipinski definition) is 5. The average molecular weight is 310 g/mol. The van der Waals surface area contributed by atoms with Crippen LogP contribution in [0.4, 0.5) is 0 Å². The number of nitrogens with zero attached hydrogens (tertiary/aromatic N) is 2. The van der Waals surface area contributed by atoms with E-state index in [4.69, 9.17) is 0 Å². The van der Waals surface area contributed by atoms with Crippen LogP contribution in [0.1, 0.15) is 28.9 Å². The lowest BCUT2D eigenvalue weighted by Gasteiger charge is -2.14. The van der Waals surface area contributed by atoms with Gasteiger partial charge < -0.3 is 10.2 Å². The number of nitrogens with one attached hydrogen (secondary N) is 1. The van der Waals surface area contributed by atoms with Crippen LogP contribution in [-0.4, -0.2) is 30.0 Å². The van der Waals surface area contributed by atoms with Gasteiger partial charge in [-0.2, -0.15) is 0 Å². The van der Waals surface area contributed by atoms with Gasteiger partial charge in [0.25, 0.3) is 0 Å². The van der Waals surface area contributed by atoms with Crippen molar-refractivity contribution < 1.29 is 0 Å². The first kappa shape index (κ1) is 15.6. The number of rotatable bonds is 9. The van der Waals surface area contributed by atoms with E-state index in [2.05, 4.69) is 52.1 Å². The monoisotopic (exact) mass is 309 g/mol. The first-order chi connectivity index (χ1) is 9.78. The predicted octanol–water partition coefficient (Wildman–Crippen LogP) is 3.38. The van der Waals surface area contributed by atoms with Gasteiger partial charge in [-0.25, -0.2) is 4.98 Å². The second-order valence-electron chi connectivity index (χ2n) is 4.98. The van der Waals surface area contributed by atoms with Crippen molar-refractivity contribution in [1.82, 2.24) is 15.2 Å². The van der Waals surface area contributed by atoms with Gasteiger partial charge in [0.2, 0.25) is 0 Å². The van der Waals surface area contributed by atoms with E-state index in [1.54, 1.807) is 11.3 Å². The van der Waals surface area contributed by atoms with Gasteiger partial charge in [-0.3, -0.25) is 0 Å². The van der Waals surface area contributed by atoms with E-state index in [1.807, 2.05) is 11.3 Å². The minimum atomic E-state index is 0.900. The highest BCUT2D eigenvalue weighted by molar-refractivity contribution is 7.10. The fraction of sp³-hybridized carbons (Fsp3) is 0.533. The molecule has 2 aromatic heterocycles. The molecule has 2 aromatic rings. The zero-order chi connectivity index (χ0) is 14.2. The first-order valence-electron chi connectivity index (χ1n) is 7.13. The van der Waals surface area contributed by atoms with Crippen LogP contribution in [0.25, 0.3) is 0 Å². The molecule has 0 atom stereocenters. The molecule has 0 aliphatic heterocycles. The van der Waals surface area contributed by atoms with Gasteiger partial charge in [0, 0.05) is 29.9 Å². The highest BCUT2D eigenvalue weighted by Gasteiger charge is 2.06. The third kappa shape index (κ3) is 5.32.